The maximum Gasteiger partial charge on any atom is 0.421 e. The molecule has 1 unspecified atom stereocenters. The number of hydrogen-bond donors (Lipinski definition) is 1. The lowest BCUT2D eigenvalue weighted by atomic mass is 9.92. The number of Topliss-reactive ketones (excluding diaryl/α,β-unsaturated/α-hetero) is 1. The zero-order valence-electron chi connectivity index (χ0n) is 17.5. The molecule has 1 N–H and O–H groups in total. The minimum absolute atomic E-state index is 0.162. The number of nitrogens with zero attached hydrogens (tertiary/aromatic N) is 1. The highest BCUT2D eigenvalue weighted by Gasteiger charge is 2.51. The summed E-state index contributed by atoms with van der Waals surface area (Å²) in [4.78, 5) is 24.3. The highest BCUT2D eigenvalue weighted by Crippen LogP contribution is 2.40. The standard InChI is InChI=1S/C23H24F3NO4/c1-4-5-10-27-20-9-6-15(22(3,30)23(24,25)26)11-19(20)18-12-16(31-13-14(2)28)7-8-17(18)21(27)29/h6-9,11-12,30H,4-5,10,13H2,1-3H3. The molecule has 0 bridgehead atoms. The van der Waals surface area contributed by atoms with Crippen LogP contribution in [0.2, 0.25) is 0 Å². The van der Waals surface area contributed by atoms with E-state index >= 15 is 0 Å². The third-order valence-electron chi connectivity index (χ3n) is 5.34. The van der Waals surface area contributed by atoms with E-state index in [4.69, 9.17) is 4.74 Å². The smallest absolute Gasteiger partial charge is 0.421 e. The predicted octanol–water partition coefficient (Wildman–Crippen LogP) is 4.69. The van der Waals surface area contributed by atoms with Crippen molar-refractivity contribution in [1.82, 2.24) is 4.57 Å². The van der Waals surface area contributed by atoms with Crippen LogP contribution < -0.4 is 10.3 Å². The van der Waals surface area contributed by atoms with Crippen LogP contribution in [0.1, 0.15) is 39.2 Å². The summed E-state index contributed by atoms with van der Waals surface area (Å²) >= 11 is 0. The van der Waals surface area contributed by atoms with Crippen molar-refractivity contribution in [2.45, 2.75) is 51.9 Å². The fourth-order valence-corrected chi connectivity index (χ4v) is 3.45. The second-order valence-electron chi connectivity index (χ2n) is 7.81. The summed E-state index contributed by atoms with van der Waals surface area (Å²) < 4.78 is 47.2. The second kappa shape index (κ2) is 8.34. The van der Waals surface area contributed by atoms with Crippen LogP contribution in [0.25, 0.3) is 21.7 Å². The zero-order chi connectivity index (χ0) is 23.0. The largest absolute Gasteiger partial charge is 0.486 e. The van der Waals surface area contributed by atoms with Crippen molar-refractivity contribution >= 4 is 27.5 Å². The minimum atomic E-state index is -4.87. The van der Waals surface area contributed by atoms with Crippen LogP contribution in [-0.2, 0) is 16.9 Å². The highest BCUT2D eigenvalue weighted by atomic mass is 19.4. The number of carbonyl (C=O) groups excluding carboxylic acids is 1. The van der Waals surface area contributed by atoms with Gasteiger partial charge in [0, 0.05) is 22.7 Å². The summed E-state index contributed by atoms with van der Waals surface area (Å²) in [5.41, 5.74) is -3.17. The first-order chi connectivity index (χ1) is 14.5. The Hall–Kier alpha value is -2.87. The third-order valence-corrected chi connectivity index (χ3v) is 5.34. The fourth-order valence-electron chi connectivity index (χ4n) is 3.45. The van der Waals surface area contributed by atoms with Gasteiger partial charge in [-0.1, -0.05) is 19.4 Å². The Morgan fingerprint density at radius 2 is 1.81 bits per heavy atom. The van der Waals surface area contributed by atoms with Crippen LogP contribution in [0.5, 0.6) is 5.75 Å². The number of carbonyl (C=O) groups is 1. The maximum absolute atomic E-state index is 13.4. The van der Waals surface area contributed by atoms with E-state index in [0.717, 1.165) is 12.8 Å². The molecule has 0 aliphatic heterocycles. The van der Waals surface area contributed by atoms with E-state index in [1.807, 2.05) is 6.92 Å². The van der Waals surface area contributed by atoms with Gasteiger partial charge in [-0.2, -0.15) is 13.2 Å². The second-order valence-corrected chi connectivity index (χ2v) is 7.81. The number of aliphatic hydroxyl groups is 1. The molecular formula is C23H24F3NO4. The van der Waals surface area contributed by atoms with E-state index in [1.54, 1.807) is 16.7 Å². The van der Waals surface area contributed by atoms with Crippen LogP contribution >= 0.6 is 0 Å². The van der Waals surface area contributed by atoms with Gasteiger partial charge in [-0.15, -0.1) is 0 Å². The Kier molecular flexibility index (Phi) is 6.14. The minimum Gasteiger partial charge on any atom is -0.486 e. The van der Waals surface area contributed by atoms with Crippen molar-refractivity contribution in [3.8, 4) is 5.75 Å². The number of halogens is 3. The van der Waals surface area contributed by atoms with Gasteiger partial charge in [-0.3, -0.25) is 9.59 Å². The molecule has 3 aromatic rings. The Balaban J connectivity index is 2.33. The summed E-state index contributed by atoms with van der Waals surface area (Å²) in [5.74, 6) is 0.131. The zero-order valence-corrected chi connectivity index (χ0v) is 17.5. The molecule has 0 saturated carbocycles. The Morgan fingerprint density at radius 3 is 2.42 bits per heavy atom. The van der Waals surface area contributed by atoms with E-state index in [0.29, 0.717) is 40.9 Å². The summed E-state index contributed by atoms with van der Waals surface area (Å²) in [5, 5.41) is 11.3. The van der Waals surface area contributed by atoms with E-state index in [9.17, 15) is 27.9 Å². The van der Waals surface area contributed by atoms with Crippen LogP contribution in [-0.4, -0.2) is 28.2 Å². The SMILES string of the molecule is CCCCn1c(=O)c2ccc(OCC(C)=O)cc2c2cc(C(C)(O)C(F)(F)F)ccc21. The molecule has 2 aromatic carbocycles. The van der Waals surface area contributed by atoms with Gasteiger partial charge in [0.15, 0.2) is 11.4 Å². The van der Waals surface area contributed by atoms with Gasteiger partial charge in [0.25, 0.3) is 5.56 Å². The van der Waals surface area contributed by atoms with E-state index in [2.05, 4.69) is 0 Å². The van der Waals surface area contributed by atoms with Crippen molar-refractivity contribution in [3.05, 3.63) is 52.3 Å². The number of ketones is 1. The molecule has 0 amide bonds. The van der Waals surface area contributed by atoms with Gasteiger partial charge in [0.2, 0.25) is 0 Å². The van der Waals surface area contributed by atoms with Gasteiger partial charge in [0.1, 0.15) is 12.4 Å². The van der Waals surface area contributed by atoms with Gasteiger partial charge in [-0.25, -0.2) is 0 Å². The number of ether oxygens (including phenoxy) is 1. The van der Waals surface area contributed by atoms with E-state index in [-0.39, 0.29) is 23.5 Å². The van der Waals surface area contributed by atoms with Crippen molar-refractivity contribution in [1.29, 1.82) is 0 Å². The number of alkyl halides is 3. The summed E-state index contributed by atoms with van der Waals surface area (Å²) in [7, 11) is 0. The van der Waals surface area contributed by atoms with Crippen molar-refractivity contribution in [2.24, 2.45) is 0 Å². The molecule has 5 nitrogen and oxygen atoms in total. The monoisotopic (exact) mass is 435 g/mol. The number of unbranched alkanes of at least 4 members (excludes halogenated alkanes) is 1. The lowest BCUT2D eigenvalue weighted by Crippen LogP contribution is -2.39. The molecule has 1 heterocycles. The van der Waals surface area contributed by atoms with Crippen molar-refractivity contribution < 1.29 is 27.8 Å². The molecule has 0 aliphatic carbocycles. The Morgan fingerprint density at radius 1 is 1.10 bits per heavy atom. The molecule has 0 saturated heterocycles. The molecule has 1 aromatic heterocycles. The molecular weight excluding hydrogens is 411 g/mol. The Labute approximate surface area is 177 Å². The van der Waals surface area contributed by atoms with E-state index in [1.165, 1.54) is 31.2 Å². The topological polar surface area (TPSA) is 68.5 Å². The number of pyridine rings is 1. The number of fused-ring (bicyclic) bond motifs is 3. The molecule has 0 spiro atoms. The number of hydrogen-bond acceptors (Lipinski definition) is 4. The molecule has 8 heteroatoms. The highest BCUT2D eigenvalue weighted by molar-refractivity contribution is 6.06. The molecule has 3 rings (SSSR count). The third kappa shape index (κ3) is 4.30. The lowest BCUT2D eigenvalue weighted by molar-refractivity contribution is -0.258. The van der Waals surface area contributed by atoms with Gasteiger partial charge >= 0.3 is 6.18 Å². The van der Waals surface area contributed by atoms with Crippen LogP contribution in [0.15, 0.2) is 41.2 Å². The average molecular weight is 435 g/mol. The predicted molar refractivity (Wildman–Crippen MR) is 112 cm³/mol. The summed E-state index contributed by atoms with van der Waals surface area (Å²) in [6.45, 7) is 4.30. The fraction of sp³-hybridized carbons (Fsp3) is 0.391. The first kappa shape index (κ1) is 22.8. The Bertz CT molecular complexity index is 1200. The average Bonchev–Trinajstić information content (AvgIpc) is 2.71. The normalized spacial score (nSPS) is 14.0. The molecule has 0 fully saturated rings. The number of benzene rings is 2. The van der Waals surface area contributed by atoms with Crippen LogP contribution in [0.3, 0.4) is 0 Å². The van der Waals surface area contributed by atoms with Crippen molar-refractivity contribution in [3.63, 3.8) is 0 Å². The molecule has 166 valence electrons. The number of rotatable bonds is 7. The molecule has 0 aliphatic rings. The van der Waals surface area contributed by atoms with Crippen LogP contribution in [0, 0.1) is 0 Å². The molecule has 31 heavy (non-hydrogen) atoms. The number of aryl methyl sites for hydroxylation is 1. The number of aromatic nitrogens is 1. The molecule has 0 radical (unpaired) electrons. The lowest BCUT2D eigenvalue weighted by Gasteiger charge is -2.27. The quantitative estimate of drug-likeness (QED) is 0.547. The van der Waals surface area contributed by atoms with Gasteiger partial charge in [0.05, 0.1) is 5.52 Å². The molecule has 1 atom stereocenters. The van der Waals surface area contributed by atoms with Crippen molar-refractivity contribution in [2.75, 3.05) is 6.61 Å². The first-order valence-electron chi connectivity index (χ1n) is 9.99. The van der Waals surface area contributed by atoms with Crippen LogP contribution in [0.4, 0.5) is 13.2 Å². The maximum atomic E-state index is 13.4. The van der Waals surface area contributed by atoms with Gasteiger partial charge < -0.3 is 14.4 Å². The first-order valence-corrected chi connectivity index (χ1v) is 9.99. The van der Waals surface area contributed by atoms with Gasteiger partial charge in [-0.05, 0) is 56.2 Å². The summed E-state index contributed by atoms with van der Waals surface area (Å²) in [6.07, 6.45) is -3.31. The van der Waals surface area contributed by atoms with E-state index < -0.39 is 11.8 Å². The summed E-state index contributed by atoms with van der Waals surface area (Å²) in [6, 6.07) is 8.53.